The molecule has 1 saturated carbocycles. The number of halogens is 1. The van der Waals surface area contributed by atoms with E-state index in [9.17, 15) is 4.79 Å². The predicted molar refractivity (Wildman–Crippen MR) is 76.4 cm³/mol. The van der Waals surface area contributed by atoms with Crippen LogP contribution in [-0.2, 0) is 4.79 Å². The second-order valence-electron chi connectivity index (χ2n) is 5.80. The van der Waals surface area contributed by atoms with E-state index in [-0.39, 0.29) is 11.3 Å². The minimum atomic E-state index is -0.292. The van der Waals surface area contributed by atoms with Crippen LogP contribution in [0.4, 0.5) is 11.5 Å². The van der Waals surface area contributed by atoms with E-state index in [1.54, 1.807) is 12.1 Å². The maximum atomic E-state index is 12.5. The molecule has 4 nitrogen and oxygen atoms in total. The van der Waals surface area contributed by atoms with Crippen LogP contribution in [0, 0.1) is 11.3 Å². The molecule has 1 spiro atoms. The third-order valence-electron chi connectivity index (χ3n) is 4.42. The number of nitrogens with zero attached hydrogens (tertiary/aromatic N) is 1. The Bertz CT molecular complexity index is 509. The standard InChI is InChI=1S/C14H18ClN3O/c1-9-4-6-14(7-5-9)8-16-12-10(17-13(14)19)2-3-11(15)18-12/h2-3,9H,4-8H2,1H3,(H,16,18)(H,17,19). The van der Waals surface area contributed by atoms with Crippen molar-refractivity contribution in [3.63, 3.8) is 0 Å². The Balaban J connectivity index is 1.88. The van der Waals surface area contributed by atoms with Crippen LogP contribution < -0.4 is 10.6 Å². The summed E-state index contributed by atoms with van der Waals surface area (Å²) in [6.07, 6.45) is 4.10. The summed E-state index contributed by atoms with van der Waals surface area (Å²) in [5, 5.41) is 6.73. The maximum absolute atomic E-state index is 12.5. The largest absolute Gasteiger partial charge is 0.367 e. The Morgan fingerprint density at radius 1 is 1.37 bits per heavy atom. The molecule has 1 amide bonds. The average molecular weight is 280 g/mol. The van der Waals surface area contributed by atoms with Crippen molar-refractivity contribution in [2.45, 2.75) is 32.6 Å². The van der Waals surface area contributed by atoms with E-state index in [1.807, 2.05) is 0 Å². The fourth-order valence-corrected chi connectivity index (χ4v) is 3.13. The smallest absolute Gasteiger partial charge is 0.232 e. The molecule has 1 aromatic heterocycles. The van der Waals surface area contributed by atoms with Gasteiger partial charge in [0.25, 0.3) is 0 Å². The van der Waals surface area contributed by atoms with Gasteiger partial charge in [-0.1, -0.05) is 18.5 Å². The van der Waals surface area contributed by atoms with Crippen molar-refractivity contribution in [2.75, 3.05) is 17.2 Å². The summed E-state index contributed by atoms with van der Waals surface area (Å²) in [5.74, 6) is 1.52. The number of rotatable bonds is 0. The van der Waals surface area contributed by atoms with Gasteiger partial charge in [-0.3, -0.25) is 4.79 Å². The van der Waals surface area contributed by atoms with Gasteiger partial charge in [-0.2, -0.15) is 0 Å². The monoisotopic (exact) mass is 279 g/mol. The molecule has 0 unspecified atom stereocenters. The van der Waals surface area contributed by atoms with Crippen LogP contribution in [0.15, 0.2) is 12.1 Å². The van der Waals surface area contributed by atoms with E-state index >= 15 is 0 Å². The molecule has 1 aliphatic carbocycles. The number of aromatic nitrogens is 1. The van der Waals surface area contributed by atoms with E-state index in [4.69, 9.17) is 11.6 Å². The van der Waals surface area contributed by atoms with E-state index in [0.717, 1.165) is 37.3 Å². The molecule has 0 saturated heterocycles. The number of amides is 1. The Labute approximate surface area is 117 Å². The molecule has 102 valence electrons. The molecule has 0 radical (unpaired) electrons. The number of carbonyl (C=O) groups excluding carboxylic acids is 1. The zero-order valence-corrected chi connectivity index (χ0v) is 11.8. The van der Waals surface area contributed by atoms with Crippen molar-refractivity contribution in [3.05, 3.63) is 17.3 Å². The van der Waals surface area contributed by atoms with Crippen molar-refractivity contribution in [1.82, 2.24) is 4.98 Å². The van der Waals surface area contributed by atoms with E-state index in [2.05, 4.69) is 22.5 Å². The summed E-state index contributed by atoms with van der Waals surface area (Å²) >= 11 is 5.90. The van der Waals surface area contributed by atoms with Gasteiger partial charge in [0, 0.05) is 6.54 Å². The zero-order valence-electron chi connectivity index (χ0n) is 11.0. The highest BCUT2D eigenvalue weighted by Gasteiger charge is 2.42. The molecule has 19 heavy (non-hydrogen) atoms. The Kier molecular flexibility index (Phi) is 3.13. The van der Waals surface area contributed by atoms with Crippen molar-refractivity contribution in [3.8, 4) is 0 Å². The van der Waals surface area contributed by atoms with Crippen LogP contribution in [0.1, 0.15) is 32.6 Å². The van der Waals surface area contributed by atoms with Gasteiger partial charge in [0.15, 0.2) is 5.82 Å². The van der Waals surface area contributed by atoms with Gasteiger partial charge >= 0.3 is 0 Å². The second kappa shape index (κ2) is 4.67. The number of fused-ring (bicyclic) bond motifs is 1. The minimum absolute atomic E-state index is 0.120. The highest BCUT2D eigenvalue weighted by atomic mass is 35.5. The lowest BCUT2D eigenvalue weighted by Gasteiger charge is -2.36. The first-order valence-electron chi connectivity index (χ1n) is 6.81. The molecule has 2 aliphatic rings. The molecule has 1 aliphatic heterocycles. The lowest BCUT2D eigenvalue weighted by atomic mass is 9.70. The summed E-state index contributed by atoms with van der Waals surface area (Å²) in [7, 11) is 0. The quantitative estimate of drug-likeness (QED) is 0.717. The predicted octanol–water partition coefficient (Wildman–Crippen LogP) is 3.30. The molecular formula is C14H18ClN3O. The van der Waals surface area contributed by atoms with Gasteiger partial charge in [-0.05, 0) is 43.7 Å². The van der Waals surface area contributed by atoms with Gasteiger partial charge in [0.05, 0.1) is 11.1 Å². The topological polar surface area (TPSA) is 54.0 Å². The van der Waals surface area contributed by atoms with Gasteiger partial charge in [-0.15, -0.1) is 0 Å². The fraction of sp³-hybridized carbons (Fsp3) is 0.571. The summed E-state index contributed by atoms with van der Waals surface area (Å²) in [4.78, 5) is 16.8. The third kappa shape index (κ3) is 2.29. The number of hydrogen-bond acceptors (Lipinski definition) is 3. The molecule has 2 N–H and O–H groups in total. The fourth-order valence-electron chi connectivity index (χ4n) is 2.98. The molecule has 0 atom stereocenters. The van der Waals surface area contributed by atoms with Crippen molar-refractivity contribution < 1.29 is 4.79 Å². The van der Waals surface area contributed by atoms with Crippen LogP contribution in [-0.4, -0.2) is 17.4 Å². The van der Waals surface area contributed by atoms with Gasteiger partial charge in [0.1, 0.15) is 5.15 Å². The maximum Gasteiger partial charge on any atom is 0.232 e. The van der Waals surface area contributed by atoms with Crippen molar-refractivity contribution in [2.24, 2.45) is 11.3 Å². The lowest BCUT2D eigenvalue weighted by molar-refractivity contribution is -0.126. The van der Waals surface area contributed by atoms with Crippen LogP contribution in [0.2, 0.25) is 5.15 Å². The minimum Gasteiger partial charge on any atom is -0.367 e. The van der Waals surface area contributed by atoms with E-state index < -0.39 is 0 Å². The van der Waals surface area contributed by atoms with Crippen molar-refractivity contribution in [1.29, 1.82) is 0 Å². The molecule has 2 heterocycles. The Morgan fingerprint density at radius 3 is 2.84 bits per heavy atom. The number of nitrogens with one attached hydrogen (secondary N) is 2. The Morgan fingerprint density at radius 2 is 2.11 bits per heavy atom. The molecule has 1 aromatic rings. The normalized spacial score (nSPS) is 30.2. The number of anilines is 2. The van der Waals surface area contributed by atoms with E-state index in [1.165, 1.54) is 0 Å². The molecule has 0 bridgehead atoms. The zero-order chi connectivity index (χ0) is 13.5. The first-order chi connectivity index (χ1) is 9.09. The van der Waals surface area contributed by atoms with Crippen LogP contribution in [0.25, 0.3) is 0 Å². The lowest BCUT2D eigenvalue weighted by Crippen LogP contribution is -2.42. The highest BCUT2D eigenvalue weighted by molar-refractivity contribution is 6.29. The van der Waals surface area contributed by atoms with Crippen LogP contribution in [0.3, 0.4) is 0 Å². The van der Waals surface area contributed by atoms with Crippen LogP contribution >= 0.6 is 11.6 Å². The highest BCUT2D eigenvalue weighted by Crippen LogP contribution is 2.42. The molecular weight excluding hydrogens is 262 g/mol. The van der Waals surface area contributed by atoms with Crippen molar-refractivity contribution >= 4 is 29.0 Å². The molecule has 5 heteroatoms. The molecule has 3 rings (SSSR count). The van der Waals surface area contributed by atoms with Gasteiger partial charge in [-0.25, -0.2) is 4.98 Å². The first-order valence-corrected chi connectivity index (χ1v) is 7.19. The summed E-state index contributed by atoms with van der Waals surface area (Å²) < 4.78 is 0. The third-order valence-corrected chi connectivity index (χ3v) is 4.63. The van der Waals surface area contributed by atoms with Gasteiger partial charge in [0.2, 0.25) is 5.91 Å². The van der Waals surface area contributed by atoms with Gasteiger partial charge < -0.3 is 10.6 Å². The summed E-state index contributed by atoms with van der Waals surface area (Å²) in [6.45, 7) is 2.90. The molecule has 0 aromatic carbocycles. The molecule has 1 fully saturated rings. The summed E-state index contributed by atoms with van der Waals surface area (Å²) in [5.41, 5.74) is 0.435. The first kappa shape index (κ1) is 12.7. The van der Waals surface area contributed by atoms with E-state index in [0.29, 0.717) is 17.5 Å². The number of carbonyl (C=O) groups is 1. The second-order valence-corrected chi connectivity index (χ2v) is 6.19. The average Bonchev–Trinajstić information content (AvgIpc) is 2.52. The number of hydrogen-bond donors (Lipinski definition) is 2. The summed E-state index contributed by atoms with van der Waals surface area (Å²) in [6, 6.07) is 3.50. The Hall–Kier alpha value is -1.29. The number of pyridine rings is 1. The SMILES string of the molecule is CC1CCC2(CC1)CNc1nc(Cl)ccc1NC2=O. The van der Waals surface area contributed by atoms with Crippen LogP contribution in [0.5, 0.6) is 0 Å².